The van der Waals surface area contributed by atoms with Gasteiger partial charge in [-0.2, -0.15) is 0 Å². The van der Waals surface area contributed by atoms with Gasteiger partial charge in [-0.1, -0.05) is 27.2 Å². The van der Waals surface area contributed by atoms with Gasteiger partial charge in [0.15, 0.2) is 11.4 Å². The maximum Gasteiger partial charge on any atom is 0.336 e. The van der Waals surface area contributed by atoms with Crippen molar-refractivity contribution in [3.8, 4) is 11.5 Å². The first-order valence-corrected chi connectivity index (χ1v) is 10.0. The fourth-order valence-electron chi connectivity index (χ4n) is 4.18. The predicted molar refractivity (Wildman–Crippen MR) is 108 cm³/mol. The zero-order valence-corrected chi connectivity index (χ0v) is 17.0. The summed E-state index contributed by atoms with van der Waals surface area (Å²) in [6, 6.07) is 1.51. The molecule has 28 heavy (non-hydrogen) atoms. The number of ketones is 1. The molecule has 1 aromatic carbocycles. The lowest BCUT2D eigenvalue weighted by Gasteiger charge is -2.35. The number of carbonyl (C=O) groups is 1. The Morgan fingerprint density at radius 1 is 1.14 bits per heavy atom. The molecule has 0 aliphatic carbocycles. The lowest BCUT2D eigenvalue weighted by molar-refractivity contribution is 0.0680. The van der Waals surface area contributed by atoms with Crippen molar-refractivity contribution in [2.45, 2.75) is 65.6 Å². The van der Waals surface area contributed by atoms with Gasteiger partial charge in [0.25, 0.3) is 0 Å². The molecule has 5 heteroatoms. The molecule has 3 heterocycles. The van der Waals surface area contributed by atoms with E-state index in [4.69, 9.17) is 13.9 Å². The Morgan fingerprint density at radius 2 is 1.89 bits per heavy atom. The van der Waals surface area contributed by atoms with Crippen molar-refractivity contribution in [1.29, 1.82) is 0 Å². The average Bonchev–Trinajstić information content (AvgIpc) is 2.63. The van der Waals surface area contributed by atoms with Crippen molar-refractivity contribution in [3.05, 3.63) is 39.3 Å². The van der Waals surface area contributed by atoms with Crippen LogP contribution in [-0.4, -0.2) is 17.5 Å². The first kappa shape index (κ1) is 18.8. The quantitative estimate of drug-likeness (QED) is 0.705. The number of rotatable bonds is 3. The number of aryl methyl sites for hydroxylation is 1. The topological polar surface area (TPSA) is 65.7 Å². The van der Waals surface area contributed by atoms with E-state index in [1.807, 2.05) is 39.8 Å². The molecule has 0 saturated carbocycles. The largest absolute Gasteiger partial charge is 0.488 e. The van der Waals surface area contributed by atoms with Crippen molar-refractivity contribution < 1.29 is 18.7 Å². The Balaban J connectivity index is 2.16. The Kier molecular flexibility index (Phi) is 4.36. The fourth-order valence-corrected chi connectivity index (χ4v) is 4.18. The highest BCUT2D eigenvalue weighted by atomic mass is 16.5. The average molecular weight is 382 g/mol. The van der Waals surface area contributed by atoms with Crippen LogP contribution in [-0.2, 0) is 6.42 Å². The number of ether oxygens (including phenoxy) is 2. The molecule has 0 fully saturated rings. The van der Waals surface area contributed by atoms with Crippen molar-refractivity contribution in [1.82, 2.24) is 0 Å². The standard InChI is InChI=1S/C23H26O5/c1-6-8-13-11-16(24)27-22-17(13)21-14(9-10-23(4,5)28-21)20-18(22)19(25)12(3)15(7-2)26-20/h9-12,15H,6-8H2,1-5H3/t12-,15+/m1/s1. The summed E-state index contributed by atoms with van der Waals surface area (Å²) in [4.78, 5) is 25.6. The normalized spacial score (nSPS) is 22.4. The number of carbonyl (C=O) groups excluding carboxylic acids is 1. The highest BCUT2D eigenvalue weighted by molar-refractivity contribution is 6.14. The Bertz CT molecular complexity index is 1060. The van der Waals surface area contributed by atoms with E-state index in [1.165, 1.54) is 6.07 Å². The molecule has 0 bridgehead atoms. The van der Waals surface area contributed by atoms with Crippen LogP contribution in [0.2, 0.25) is 0 Å². The summed E-state index contributed by atoms with van der Waals surface area (Å²) in [5.74, 6) is 0.756. The molecule has 5 nitrogen and oxygen atoms in total. The molecule has 2 atom stereocenters. The van der Waals surface area contributed by atoms with Gasteiger partial charge in [0, 0.05) is 6.07 Å². The minimum atomic E-state index is -0.510. The molecule has 148 valence electrons. The monoisotopic (exact) mass is 382 g/mol. The van der Waals surface area contributed by atoms with Crippen LogP contribution < -0.4 is 15.1 Å². The Hall–Kier alpha value is -2.56. The maximum absolute atomic E-state index is 13.3. The second-order valence-corrected chi connectivity index (χ2v) is 8.25. The van der Waals surface area contributed by atoms with E-state index in [9.17, 15) is 9.59 Å². The van der Waals surface area contributed by atoms with Gasteiger partial charge in [-0.05, 0) is 44.4 Å². The minimum absolute atomic E-state index is 0.0454. The maximum atomic E-state index is 13.3. The molecule has 0 radical (unpaired) electrons. The van der Waals surface area contributed by atoms with Gasteiger partial charge in [-0.15, -0.1) is 0 Å². The predicted octanol–water partition coefficient (Wildman–Crippen LogP) is 4.92. The van der Waals surface area contributed by atoms with Gasteiger partial charge in [-0.3, -0.25) is 4.79 Å². The summed E-state index contributed by atoms with van der Waals surface area (Å²) < 4.78 is 18.2. The fraction of sp³-hybridized carbons (Fsp3) is 0.478. The molecule has 1 aromatic heterocycles. The summed E-state index contributed by atoms with van der Waals surface area (Å²) in [7, 11) is 0. The van der Waals surface area contributed by atoms with Crippen molar-refractivity contribution >= 4 is 22.8 Å². The van der Waals surface area contributed by atoms with Gasteiger partial charge in [-0.25, -0.2) is 4.79 Å². The van der Waals surface area contributed by atoms with Crippen LogP contribution in [0.5, 0.6) is 11.5 Å². The van der Waals surface area contributed by atoms with Crippen molar-refractivity contribution in [2.75, 3.05) is 0 Å². The third kappa shape index (κ3) is 2.76. The molecule has 0 N–H and O–H groups in total. The zero-order valence-electron chi connectivity index (χ0n) is 17.0. The zero-order chi connectivity index (χ0) is 20.2. The van der Waals surface area contributed by atoms with Crippen LogP contribution in [0.15, 0.2) is 21.4 Å². The summed E-state index contributed by atoms with van der Waals surface area (Å²) in [6.07, 6.45) is 6.00. The molecule has 0 unspecified atom stereocenters. The van der Waals surface area contributed by atoms with Crippen LogP contribution in [0.1, 0.15) is 68.9 Å². The summed E-state index contributed by atoms with van der Waals surface area (Å²) in [5.41, 5.74) is 1.30. The number of fused-ring (bicyclic) bond motifs is 6. The van der Waals surface area contributed by atoms with Crippen LogP contribution >= 0.6 is 0 Å². The Morgan fingerprint density at radius 3 is 2.57 bits per heavy atom. The second kappa shape index (κ2) is 6.50. The minimum Gasteiger partial charge on any atom is -0.488 e. The van der Waals surface area contributed by atoms with Crippen molar-refractivity contribution in [3.63, 3.8) is 0 Å². The first-order valence-electron chi connectivity index (χ1n) is 10.0. The number of benzene rings is 1. The summed E-state index contributed by atoms with van der Waals surface area (Å²) in [6.45, 7) is 9.87. The van der Waals surface area contributed by atoms with Crippen LogP contribution in [0.4, 0.5) is 0 Å². The third-order valence-corrected chi connectivity index (χ3v) is 5.64. The van der Waals surface area contributed by atoms with Crippen LogP contribution in [0.25, 0.3) is 17.0 Å². The molecule has 0 spiro atoms. The van der Waals surface area contributed by atoms with Crippen LogP contribution in [0, 0.1) is 5.92 Å². The van der Waals surface area contributed by atoms with E-state index < -0.39 is 11.2 Å². The molecule has 4 rings (SSSR count). The first-order chi connectivity index (χ1) is 13.3. The van der Waals surface area contributed by atoms with Gasteiger partial charge < -0.3 is 13.9 Å². The van der Waals surface area contributed by atoms with Gasteiger partial charge in [0.1, 0.15) is 28.8 Å². The van der Waals surface area contributed by atoms with Gasteiger partial charge in [0.05, 0.1) is 16.9 Å². The highest BCUT2D eigenvalue weighted by Gasteiger charge is 2.40. The molecular formula is C23H26O5. The van der Waals surface area contributed by atoms with E-state index in [1.54, 1.807) is 0 Å². The lowest BCUT2D eigenvalue weighted by Crippen LogP contribution is -2.37. The number of Topliss-reactive ketones (excluding diaryl/α,β-unsaturated/α-hetero) is 1. The van der Waals surface area contributed by atoms with Gasteiger partial charge >= 0.3 is 5.63 Å². The lowest BCUT2D eigenvalue weighted by atomic mass is 9.85. The highest BCUT2D eigenvalue weighted by Crippen LogP contribution is 2.49. The molecule has 0 saturated heterocycles. The van der Waals surface area contributed by atoms with Crippen LogP contribution in [0.3, 0.4) is 0 Å². The third-order valence-electron chi connectivity index (χ3n) is 5.64. The van der Waals surface area contributed by atoms with E-state index >= 15 is 0 Å². The number of hydrogen-bond acceptors (Lipinski definition) is 5. The van der Waals surface area contributed by atoms with E-state index in [2.05, 4.69) is 6.92 Å². The Labute approximate surface area is 164 Å². The summed E-state index contributed by atoms with van der Waals surface area (Å²) >= 11 is 0. The summed E-state index contributed by atoms with van der Waals surface area (Å²) in [5, 5.41) is 0.715. The number of hydrogen-bond donors (Lipinski definition) is 0. The van der Waals surface area contributed by atoms with Gasteiger partial charge in [0.2, 0.25) is 0 Å². The molecule has 0 amide bonds. The van der Waals surface area contributed by atoms with E-state index in [-0.39, 0.29) is 17.8 Å². The molecule has 2 aliphatic heterocycles. The molecule has 2 aliphatic rings. The van der Waals surface area contributed by atoms with Crippen molar-refractivity contribution in [2.24, 2.45) is 5.92 Å². The molecular weight excluding hydrogens is 356 g/mol. The second-order valence-electron chi connectivity index (χ2n) is 8.25. The SMILES string of the molecule is CCCc1cc(=O)oc2c3c(c4c(c12)OC(C)(C)C=C4)O[C@@H](CC)[C@@H](C)C3=O. The smallest absolute Gasteiger partial charge is 0.336 e. The van der Waals surface area contributed by atoms with E-state index in [0.29, 0.717) is 34.5 Å². The molecule has 2 aromatic rings. The van der Waals surface area contributed by atoms with E-state index in [0.717, 1.165) is 24.0 Å².